The van der Waals surface area contributed by atoms with E-state index in [1.807, 2.05) is 0 Å². The van der Waals surface area contributed by atoms with E-state index in [1.54, 1.807) is 12.1 Å². The normalized spacial score (nSPS) is 25.9. The molecule has 24 heavy (non-hydrogen) atoms. The number of amides is 1. The number of carbonyl (C=O) groups excluding carboxylic acids is 1. The molecule has 0 aromatic heterocycles. The second-order valence-electron chi connectivity index (χ2n) is 6.79. The lowest BCUT2D eigenvalue weighted by atomic mass is 9.95. The Balaban J connectivity index is 1.60. The van der Waals surface area contributed by atoms with Gasteiger partial charge in [0.2, 0.25) is 15.9 Å². The van der Waals surface area contributed by atoms with Crippen LogP contribution in [0.2, 0.25) is 0 Å². The third-order valence-electron chi connectivity index (χ3n) is 5.22. The Hall–Kier alpha value is -1.60. The summed E-state index contributed by atoms with van der Waals surface area (Å²) in [5.41, 5.74) is 0. The zero-order chi connectivity index (χ0) is 17.3. The van der Waals surface area contributed by atoms with Crippen molar-refractivity contribution in [3.05, 3.63) is 24.3 Å². The van der Waals surface area contributed by atoms with Crippen LogP contribution in [0.4, 0.5) is 0 Å². The van der Waals surface area contributed by atoms with Crippen LogP contribution in [-0.2, 0) is 14.8 Å². The van der Waals surface area contributed by atoms with E-state index in [2.05, 4.69) is 5.32 Å². The second-order valence-corrected chi connectivity index (χ2v) is 8.83. The fourth-order valence-corrected chi connectivity index (χ4v) is 5.02. The van der Waals surface area contributed by atoms with Gasteiger partial charge in [-0.05, 0) is 55.4 Å². The molecule has 2 fully saturated rings. The standard InChI is InChI=1S/C17H24N2O4S/c1-19(24(21,22)15-7-5-14(23-2)6-8-15)11-17(20)18-16-10-12-3-4-13(16)9-12/h5-8,12-13,16H,3-4,9-11H2,1-2H3,(H,18,20). The molecule has 3 unspecified atom stereocenters. The zero-order valence-corrected chi connectivity index (χ0v) is 14.9. The lowest BCUT2D eigenvalue weighted by Gasteiger charge is -2.24. The Morgan fingerprint density at radius 2 is 1.96 bits per heavy atom. The molecule has 132 valence electrons. The molecule has 1 aromatic rings. The molecule has 6 nitrogen and oxygen atoms in total. The van der Waals surface area contributed by atoms with Gasteiger partial charge >= 0.3 is 0 Å². The second kappa shape index (κ2) is 6.72. The van der Waals surface area contributed by atoms with Crippen LogP contribution in [-0.4, -0.2) is 45.4 Å². The average molecular weight is 352 g/mol. The van der Waals surface area contributed by atoms with Gasteiger partial charge in [-0.15, -0.1) is 0 Å². The number of carbonyl (C=O) groups is 1. The highest BCUT2D eigenvalue weighted by molar-refractivity contribution is 7.89. The SMILES string of the molecule is COc1ccc(S(=O)(=O)N(C)CC(=O)NC2CC3CCC2C3)cc1. The highest BCUT2D eigenvalue weighted by Crippen LogP contribution is 2.44. The molecular formula is C17H24N2O4S. The fraction of sp³-hybridized carbons (Fsp3) is 0.588. The summed E-state index contributed by atoms with van der Waals surface area (Å²) in [6.45, 7) is -0.164. The molecule has 1 amide bonds. The van der Waals surface area contributed by atoms with Gasteiger partial charge in [-0.3, -0.25) is 4.79 Å². The number of nitrogens with zero attached hydrogens (tertiary/aromatic N) is 1. The van der Waals surface area contributed by atoms with Crippen LogP contribution in [0.3, 0.4) is 0 Å². The molecular weight excluding hydrogens is 328 g/mol. The molecule has 0 saturated heterocycles. The number of rotatable bonds is 6. The largest absolute Gasteiger partial charge is 0.497 e. The molecule has 0 spiro atoms. The maximum absolute atomic E-state index is 12.5. The summed E-state index contributed by atoms with van der Waals surface area (Å²) in [7, 11) is -0.732. The number of benzene rings is 1. The minimum atomic E-state index is -3.69. The zero-order valence-electron chi connectivity index (χ0n) is 14.1. The Morgan fingerprint density at radius 3 is 2.50 bits per heavy atom. The van der Waals surface area contributed by atoms with E-state index in [4.69, 9.17) is 4.74 Å². The summed E-state index contributed by atoms with van der Waals surface area (Å²) in [6.07, 6.45) is 4.68. The van der Waals surface area contributed by atoms with Crippen LogP contribution in [0, 0.1) is 11.8 Å². The molecule has 2 bridgehead atoms. The third kappa shape index (κ3) is 3.42. The van der Waals surface area contributed by atoms with E-state index in [0.29, 0.717) is 11.7 Å². The molecule has 7 heteroatoms. The number of hydrogen-bond acceptors (Lipinski definition) is 4. The van der Waals surface area contributed by atoms with Crippen molar-refractivity contribution in [1.29, 1.82) is 0 Å². The molecule has 3 atom stereocenters. The van der Waals surface area contributed by atoms with Gasteiger partial charge in [0.25, 0.3) is 0 Å². The predicted octanol–water partition coefficient (Wildman–Crippen LogP) is 1.62. The molecule has 3 rings (SSSR count). The topological polar surface area (TPSA) is 75.7 Å². The molecule has 0 aliphatic heterocycles. The van der Waals surface area contributed by atoms with Crippen LogP contribution in [0.15, 0.2) is 29.2 Å². The number of fused-ring (bicyclic) bond motifs is 2. The summed E-state index contributed by atoms with van der Waals surface area (Å²) in [5, 5.41) is 3.02. The minimum absolute atomic E-state index is 0.151. The van der Waals surface area contributed by atoms with Gasteiger partial charge in [0.15, 0.2) is 0 Å². The lowest BCUT2D eigenvalue weighted by molar-refractivity contribution is -0.122. The predicted molar refractivity (Wildman–Crippen MR) is 90.2 cm³/mol. The number of likely N-dealkylation sites (N-methyl/N-ethyl adjacent to an activating group) is 1. The Morgan fingerprint density at radius 1 is 1.25 bits per heavy atom. The summed E-state index contributed by atoms with van der Waals surface area (Å²) < 4.78 is 31.2. The Bertz CT molecular complexity index is 702. The van der Waals surface area contributed by atoms with Crippen LogP contribution in [0.25, 0.3) is 0 Å². The Kier molecular flexibility index (Phi) is 4.83. The van der Waals surface area contributed by atoms with Crippen LogP contribution in [0.1, 0.15) is 25.7 Å². The molecule has 0 radical (unpaired) electrons. The third-order valence-corrected chi connectivity index (χ3v) is 7.04. The number of hydrogen-bond donors (Lipinski definition) is 1. The fourth-order valence-electron chi connectivity index (χ4n) is 3.89. The van der Waals surface area contributed by atoms with Crippen molar-refractivity contribution in [1.82, 2.24) is 9.62 Å². The van der Waals surface area contributed by atoms with Gasteiger partial charge < -0.3 is 10.1 Å². The highest BCUT2D eigenvalue weighted by Gasteiger charge is 2.40. The number of ether oxygens (including phenoxy) is 1. The van der Waals surface area contributed by atoms with Gasteiger partial charge in [-0.25, -0.2) is 8.42 Å². The van der Waals surface area contributed by atoms with Gasteiger partial charge in [-0.1, -0.05) is 6.42 Å². The van der Waals surface area contributed by atoms with Crippen molar-refractivity contribution in [2.24, 2.45) is 11.8 Å². The Labute approximate surface area is 143 Å². The van der Waals surface area contributed by atoms with E-state index in [-0.39, 0.29) is 23.4 Å². The molecule has 2 saturated carbocycles. The van der Waals surface area contributed by atoms with Crippen molar-refractivity contribution in [2.45, 2.75) is 36.6 Å². The van der Waals surface area contributed by atoms with Crippen LogP contribution < -0.4 is 10.1 Å². The maximum Gasteiger partial charge on any atom is 0.243 e. The van der Waals surface area contributed by atoms with Crippen LogP contribution in [0.5, 0.6) is 5.75 Å². The van der Waals surface area contributed by atoms with Crippen molar-refractivity contribution in [3.8, 4) is 5.75 Å². The van der Waals surface area contributed by atoms with E-state index >= 15 is 0 Å². The first-order chi connectivity index (χ1) is 11.4. The smallest absolute Gasteiger partial charge is 0.243 e. The first kappa shape index (κ1) is 17.2. The van der Waals surface area contributed by atoms with Gasteiger partial charge in [0, 0.05) is 13.1 Å². The number of nitrogens with one attached hydrogen (secondary N) is 1. The van der Waals surface area contributed by atoms with Crippen molar-refractivity contribution in [3.63, 3.8) is 0 Å². The minimum Gasteiger partial charge on any atom is -0.497 e. The molecule has 0 heterocycles. The van der Waals surface area contributed by atoms with Gasteiger partial charge in [0.1, 0.15) is 5.75 Å². The highest BCUT2D eigenvalue weighted by atomic mass is 32.2. The lowest BCUT2D eigenvalue weighted by Crippen LogP contribution is -2.44. The number of sulfonamides is 1. The quantitative estimate of drug-likeness (QED) is 0.844. The monoisotopic (exact) mass is 352 g/mol. The van der Waals surface area contributed by atoms with Crippen LogP contribution >= 0.6 is 0 Å². The molecule has 1 N–H and O–H groups in total. The van der Waals surface area contributed by atoms with Crippen molar-refractivity contribution in [2.75, 3.05) is 20.7 Å². The summed E-state index contributed by atoms with van der Waals surface area (Å²) in [4.78, 5) is 12.4. The molecule has 2 aliphatic rings. The van der Waals surface area contributed by atoms with E-state index in [9.17, 15) is 13.2 Å². The van der Waals surface area contributed by atoms with E-state index in [0.717, 1.165) is 16.6 Å². The summed E-state index contributed by atoms with van der Waals surface area (Å²) in [6, 6.07) is 6.37. The number of methoxy groups -OCH3 is 1. The summed E-state index contributed by atoms with van der Waals surface area (Å²) >= 11 is 0. The van der Waals surface area contributed by atoms with E-state index < -0.39 is 10.0 Å². The van der Waals surface area contributed by atoms with Crippen molar-refractivity contribution >= 4 is 15.9 Å². The summed E-state index contributed by atoms with van der Waals surface area (Å²) in [5.74, 6) is 1.67. The maximum atomic E-state index is 12.5. The molecule has 2 aliphatic carbocycles. The molecule has 1 aromatic carbocycles. The van der Waals surface area contributed by atoms with Gasteiger partial charge in [-0.2, -0.15) is 4.31 Å². The van der Waals surface area contributed by atoms with Gasteiger partial charge in [0.05, 0.1) is 18.6 Å². The van der Waals surface area contributed by atoms with E-state index in [1.165, 1.54) is 45.6 Å². The average Bonchev–Trinajstić information content (AvgIpc) is 3.17. The first-order valence-electron chi connectivity index (χ1n) is 8.30. The first-order valence-corrected chi connectivity index (χ1v) is 9.74. The van der Waals surface area contributed by atoms with Crippen molar-refractivity contribution < 1.29 is 17.9 Å².